The third-order valence-corrected chi connectivity index (χ3v) is 10.2. The largest absolute Gasteiger partial charge is 0.469 e. The van der Waals surface area contributed by atoms with E-state index < -0.39 is 15.4 Å². The van der Waals surface area contributed by atoms with E-state index in [2.05, 4.69) is 94.9 Å². The second-order valence-electron chi connectivity index (χ2n) is 11.5. The number of carbonyl (C=O) groups excluding carboxylic acids is 1. The van der Waals surface area contributed by atoms with Crippen LogP contribution in [0.15, 0.2) is 125 Å². The van der Waals surface area contributed by atoms with Gasteiger partial charge in [-0.25, -0.2) is 0 Å². The lowest BCUT2D eigenvalue weighted by atomic mass is 9.70. The van der Waals surface area contributed by atoms with Crippen LogP contribution in [0.4, 0.5) is 0 Å². The Bertz CT molecular complexity index is 2040. The van der Waals surface area contributed by atoms with Crippen molar-refractivity contribution < 1.29 is 17.9 Å². The summed E-state index contributed by atoms with van der Waals surface area (Å²) in [4.78, 5) is 14.6. The number of hydrogen-bond acceptors (Lipinski definition) is 5. The van der Waals surface area contributed by atoms with E-state index in [4.69, 9.17) is 4.74 Å². The smallest absolute Gasteiger partial charge is 0.305 e. The highest BCUT2D eigenvalue weighted by Gasteiger charge is 2.51. The van der Waals surface area contributed by atoms with Crippen molar-refractivity contribution in [2.45, 2.75) is 36.5 Å². The summed E-state index contributed by atoms with van der Waals surface area (Å²) in [6.45, 7) is 1.90. The molecule has 0 atom stereocenters. The van der Waals surface area contributed by atoms with E-state index in [0.29, 0.717) is 18.6 Å². The maximum atomic E-state index is 13.2. The van der Waals surface area contributed by atoms with E-state index in [0.717, 1.165) is 22.3 Å². The summed E-state index contributed by atoms with van der Waals surface area (Å²) >= 11 is 0. The molecule has 0 aromatic heterocycles. The van der Waals surface area contributed by atoms with E-state index >= 15 is 0 Å². The first-order valence-electron chi connectivity index (χ1n) is 15.0. The molecule has 0 bridgehead atoms. The molecule has 5 aromatic rings. The minimum absolute atomic E-state index is 0.133. The molecule has 0 saturated heterocycles. The Balaban J connectivity index is 1.39. The molecule has 45 heavy (non-hydrogen) atoms. The van der Waals surface area contributed by atoms with Gasteiger partial charge in [0, 0.05) is 6.42 Å². The van der Waals surface area contributed by atoms with Gasteiger partial charge in [-0.05, 0) is 88.0 Å². The van der Waals surface area contributed by atoms with Crippen LogP contribution in [-0.4, -0.2) is 27.2 Å². The fraction of sp³-hybridized carbons (Fsp3) is 0.158. The van der Waals surface area contributed by atoms with Crippen LogP contribution in [0.5, 0.6) is 0 Å². The van der Waals surface area contributed by atoms with Crippen molar-refractivity contribution in [2.75, 3.05) is 7.11 Å². The van der Waals surface area contributed by atoms with Crippen LogP contribution in [-0.2, 0) is 25.0 Å². The third-order valence-electron chi connectivity index (χ3n) is 8.98. The molecule has 0 heterocycles. The zero-order valence-electron chi connectivity index (χ0n) is 25.1. The normalized spacial score (nSPS) is 14.0. The lowest BCUT2D eigenvalue weighted by molar-refractivity contribution is -0.140. The number of fused-ring (bicyclic) bond motifs is 10. The highest BCUT2D eigenvalue weighted by molar-refractivity contribution is 7.89. The number of nitrogens with zero attached hydrogens (tertiary/aromatic N) is 1. The number of carbonyl (C=O) groups is 1. The van der Waals surface area contributed by atoms with Gasteiger partial charge in [0.1, 0.15) is 0 Å². The molecule has 1 spiro atoms. The number of aryl methyl sites for hydroxylation is 1. The van der Waals surface area contributed by atoms with Crippen molar-refractivity contribution in [2.24, 2.45) is 5.10 Å². The maximum absolute atomic E-state index is 13.2. The van der Waals surface area contributed by atoms with Crippen molar-refractivity contribution in [3.05, 3.63) is 149 Å². The molecular formula is C38H32N2O4S. The standard InChI is InChI=1S/C38H32N2O4S/c1-25-18-21-27(22-19-25)45(42,43)40-39-36(16-9-17-37(41)44-2)26-20-23-31-30-12-5-8-15-34(30)38(35(31)24-26)32-13-6-3-10-28(32)29-11-4-7-14-33(29)38/h3-8,10-15,18-24,40H,9,16-17H2,1-2H3. The van der Waals surface area contributed by atoms with Gasteiger partial charge >= 0.3 is 5.97 Å². The fourth-order valence-corrected chi connectivity index (χ4v) is 7.76. The van der Waals surface area contributed by atoms with E-state index in [-0.39, 0.29) is 17.3 Å². The lowest BCUT2D eigenvalue weighted by Crippen LogP contribution is -2.26. The Labute approximate surface area is 263 Å². The van der Waals surface area contributed by atoms with Crippen LogP contribution >= 0.6 is 0 Å². The number of rotatable bonds is 8. The number of methoxy groups -OCH3 is 1. The summed E-state index contributed by atoms with van der Waals surface area (Å²) in [5.41, 5.74) is 11.3. The number of hydrogen-bond donors (Lipinski definition) is 1. The highest BCUT2D eigenvalue weighted by Crippen LogP contribution is 2.62. The Morgan fingerprint density at radius 3 is 1.80 bits per heavy atom. The van der Waals surface area contributed by atoms with Crippen LogP contribution in [0.3, 0.4) is 0 Å². The van der Waals surface area contributed by atoms with E-state index in [1.165, 1.54) is 40.5 Å². The van der Waals surface area contributed by atoms with Gasteiger partial charge in [-0.1, -0.05) is 103 Å². The number of hydrazone groups is 1. The molecule has 7 rings (SSSR count). The van der Waals surface area contributed by atoms with Gasteiger partial charge in [0.15, 0.2) is 0 Å². The number of ether oxygens (including phenoxy) is 1. The van der Waals surface area contributed by atoms with Gasteiger partial charge in [0.05, 0.1) is 23.1 Å². The Morgan fingerprint density at radius 1 is 0.711 bits per heavy atom. The SMILES string of the molecule is COC(=O)CCCC(=NNS(=O)(=O)c1ccc(C)cc1)c1ccc2c(c1)C1(c3ccccc3-c3ccccc31)c1ccccc1-2. The second-order valence-corrected chi connectivity index (χ2v) is 13.2. The monoisotopic (exact) mass is 612 g/mol. The summed E-state index contributed by atoms with van der Waals surface area (Å²) in [6, 6.07) is 38.6. The second kappa shape index (κ2) is 11.2. The van der Waals surface area contributed by atoms with Crippen molar-refractivity contribution in [1.82, 2.24) is 4.83 Å². The van der Waals surface area contributed by atoms with Gasteiger partial charge in [-0.15, -0.1) is 0 Å². The molecule has 7 heteroatoms. The maximum Gasteiger partial charge on any atom is 0.305 e. The molecule has 1 N–H and O–H groups in total. The van der Waals surface area contributed by atoms with Crippen molar-refractivity contribution in [1.29, 1.82) is 0 Å². The van der Waals surface area contributed by atoms with Crippen LogP contribution < -0.4 is 4.83 Å². The number of esters is 1. The first kappa shape index (κ1) is 28.7. The molecule has 0 saturated carbocycles. The average Bonchev–Trinajstić information content (AvgIpc) is 3.53. The molecule has 0 radical (unpaired) electrons. The van der Waals surface area contributed by atoms with Gasteiger partial charge < -0.3 is 4.74 Å². The molecule has 2 aliphatic rings. The first-order chi connectivity index (χ1) is 21.8. The molecule has 0 amide bonds. The van der Waals surface area contributed by atoms with Crippen LogP contribution in [0.25, 0.3) is 22.3 Å². The van der Waals surface area contributed by atoms with Crippen LogP contribution in [0, 0.1) is 6.92 Å². The summed E-state index contributed by atoms with van der Waals surface area (Å²) < 4.78 is 31.3. The molecule has 224 valence electrons. The summed E-state index contributed by atoms with van der Waals surface area (Å²) in [5.74, 6) is -0.322. The molecular weight excluding hydrogens is 580 g/mol. The van der Waals surface area contributed by atoms with Gasteiger partial charge in [0.2, 0.25) is 0 Å². The van der Waals surface area contributed by atoms with Crippen LogP contribution in [0.1, 0.15) is 52.6 Å². The Hall–Kier alpha value is -5.01. The minimum Gasteiger partial charge on any atom is -0.469 e. The predicted octanol–water partition coefficient (Wildman–Crippen LogP) is 7.36. The molecule has 0 fully saturated rings. The Morgan fingerprint density at radius 2 is 1.24 bits per heavy atom. The van der Waals surface area contributed by atoms with Gasteiger partial charge in [0.25, 0.3) is 10.0 Å². The molecule has 0 unspecified atom stereocenters. The van der Waals surface area contributed by atoms with Crippen molar-refractivity contribution in [3.8, 4) is 22.3 Å². The van der Waals surface area contributed by atoms with Crippen LogP contribution in [0.2, 0.25) is 0 Å². The summed E-state index contributed by atoms with van der Waals surface area (Å²) in [5, 5.41) is 4.49. The highest BCUT2D eigenvalue weighted by atomic mass is 32.2. The predicted molar refractivity (Wildman–Crippen MR) is 177 cm³/mol. The van der Waals surface area contributed by atoms with Gasteiger partial charge in [-0.3, -0.25) is 4.79 Å². The molecule has 0 aliphatic heterocycles. The number of sulfonamides is 1. The average molecular weight is 613 g/mol. The fourth-order valence-electron chi connectivity index (χ4n) is 6.93. The Kier molecular flexibility index (Phi) is 7.13. The quantitative estimate of drug-likeness (QED) is 0.110. The third kappa shape index (κ3) is 4.66. The van der Waals surface area contributed by atoms with E-state index in [1.807, 2.05) is 13.0 Å². The van der Waals surface area contributed by atoms with Crippen molar-refractivity contribution in [3.63, 3.8) is 0 Å². The zero-order chi connectivity index (χ0) is 31.2. The van der Waals surface area contributed by atoms with E-state index in [9.17, 15) is 13.2 Å². The number of benzene rings is 5. The first-order valence-corrected chi connectivity index (χ1v) is 16.5. The molecule has 6 nitrogen and oxygen atoms in total. The molecule has 2 aliphatic carbocycles. The zero-order valence-corrected chi connectivity index (χ0v) is 25.9. The van der Waals surface area contributed by atoms with Gasteiger partial charge in [-0.2, -0.15) is 18.4 Å². The number of nitrogens with one attached hydrogen (secondary N) is 1. The van der Waals surface area contributed by atoms with Crippen molar-refractivity contribution >= 4 is 21.7 Å². The minimum atomic E-state index is -3.91. The topological polar surface area (TPSA) is 84.8 Å². The summed E-state index contributed by atoms with van der Waals surface area (Å²) in [6.07, 6.45) is 1.02. The van der Waals surface area contributed by atoms with E-state index in [1.54, 1.807) is 24.3 Å². The summed E-state index contributed by atoms with van der Waals surface area (Å²) in [7, 11) is -2.55. The molecule has 5 aromatic carbocycles. The lowest BCUT2D eigenvalue weighted by Gasteiger charge is -2.30.